The van der Waals surface area contributed by atoms with Crippen molar-refractivity contribution in [3.63, 3.8) is 0 Å². The van der Waals surface area contributed by atoms with Crippen LogP contribution in [0.15, 0.2) is 40.8 Å². The van der Waals surface area contributed by atoms with Crippen LogP contribution in [0.4, 0.5) is 0 Å². The van der Waals surface area contributed by atoms with Crippen molar-refractivity contribution in [1.82, 2.24) is 5.32 Å². The van der Waals surface area contributed by atoms with E-state index in [1.165, 1.54) is 5.56 Å². The van der Waals surface area contributed by atoms with Gasteiger partial charge < -0.3 is 14.8 Å². The largest absolute Gasteiger partial charge is 0.464 e. The van der Waals surface area contributed by atoms with E-state index in [1.807, 2.05) is 50.2 Å². The van der Waals surface area contributed by atoms with Gasteiger partial charge in [0.15, 0.2) is 0 Å². The molecule has 0 aliphatic rings. The van der Waals surface area contributed by atoms with Crippen LogP contribution in [-0.4, -0.2) is 11.7 Å². The number of aliphatic hydroxyl groups is 1. The van der Waals surface area contributed by atoms with Gasteiger partial charge in [-0.25, -0.2) is 0 Å². The van der Waals surface area contributed by atoms with Crippen molar-refractivity contribution in [2.75, 3.05) is 6.54 Å². The molecule has 0 saturated carbocycles. The lowest BCUT2D eigenvalue weighted by Gasteiger charge is -2.16. The Morgan fingerprint density at radius 2 is 1.85 bits per heavy atom. The first-order valence-corrected chi connectivity index (χ1v) is 7.16. The lowest BCUT2D eigenvalue weighted by atomic mass is 10.1. The number of furan rings is 1. The molecule has 0 amide bonds. The number of aryl methyl sites for hydroxylation is 2. The third-order valence-electron chi connectivity index (χ3n) is 3.54. The fourth-order valence-corrected chi connectivity index (χ4v) is 2.11. The van der Waals surface area contributed by atoms with E-state index < -0.39 is 6.10 Å². The molecular weight excluding hydrogens is 250 g/mol. The second-order valence-corrected chi connectivity index (χ2v) is 5.21. The van der Waals surface area contributed by atoms with Gasteiger partial charge in [0, 0.05) is 13.0 Å². The highest BCUT2D eigenvalue weighted by Gasteiger charge is 2.13. The molecule has 0 aliphatic carbocycles. The van der Waals surface area contributed by atoms with Crippen molar-refractivity contribution in [1.29, 1.82) is 0 Å². The molecule has 2 rings (SSSR count). The van der Waals surface area contributed by atoms with Crippen molar-refractivity contribution < 1.29 is 9.52 Å². The molecule has 3 heteroatoms. The van der Waals surface area contributed by atoms with Gasteiger partial charge in [-0.3, -0.25) is 0 Å². The number of hydrogen-bond acceptors (Lipinski definition) is 3. The van der Waals surface area contributed by atoms with Gasteiger partial charge in [-0.05, 0) is 31.5 Å². The van der Waals surface area contributed by atoms with Crippen LogP contribution in [-0.2, 0) is 6.42 Å². The van der Waals surface area contributed by atoms with Gasteiger partial charge in [0.2, 0.25) is 0 Å². The SMILES string of the molecule is CCc1ccc(C(C)NCC(O)c2ccc(C)cc2)o1. The maximum absolute atomic E-state index is 10.2. The second kappa shape index (κ2) is 6.73. The van der Waals surface area contributed by atoms with Gasteiger partial charge in [-0.2, -0.15) is 0 Å². The molecule has 0 spiro atoms. The fraction of sp³-hybridized carbons (Fsp3) is 0.412. The number of rotatable bonds is 6. The van der Waals surface area contributed by atoms with Crippen molar-refractivity contribution in [3.05, 3.63) is 59.0 Å². The van der Waals surface area contributed by atoms with Crippen molar-refractivity contribution in [2.24, 2.45) is 0 Å². The molecule has 3 nitrogen and oxygen atoms in total. The normalized spacial score (nSPS) is 14.2. The van der Waals surface area contributed by atoms with E-state index in [1.54, 1.807) is 0 Å². The van der Waals surface area contributed by atoms with Crippen LogP contribution >= 0.6 is 0 Å². The predicted molar refractivity (Wildman–Crippen MR) is 80.6 cm³/mol. The predicted octanol–water partition coefficient (Wildman–Crippen LogP) is 3.53. The summed E-state index contributed by atoms with van der Waals surface area (Å²) in [4.78, 5) is 0. The molecule has 0 bridgehead atoms. The Hall–Kier alpha value is -1.58. The molecule has 0 aliphatic heterocycles. The average molecular weight is 273 g/mol. The van der Waals surface area contributed by atoms with Crippen LogP contribution in [0.25, 0.3) is 0 Å². The van der Waals surface area contributed by atoms with E-state index in [0.29, 0.717) is 6.54 Å². The average Bonchev–Trinajstić information content (AvgIpc) is 2.94. The molecule has 20 heavy (non-hydrogen) atoms. The molecule has 0 radical (unpaired) electrons. The minimum absolute atomic E-state index is 0.0930. The number of benzene rings is 1. The number of hydrogen-bond donors (Lipinski definition) is 2. The summed E-state index contributed by atoms with van der Waals surface area (Å²) in [6.45, 7) is 6.66. The molecule has 2 atom stereocenters. The molecule has 0 fully saturated rings. The third kappa shape index (κ3) is 3.71. The van der Waals surface area contributed by atoms with Crippen LogP contribution in [0.1, 0.15) is 48.6 Å². The maximum Gasteiger partial charge on any atom is 0.120 e. The standard InChI is InChI=1S/C17H23NO2/c1-4-15-9-10-17(20-15)13(3)18-11-16(19)14-7-5-12(2)6-8-14/h5-10,13,16,18-19H,4,11H2,1-3H3. The molecule has 1 heterocycles. The highest BCUT2D eigenvalue weighted by Crippen LogP contribution is 2.18. The number of aliphatic hydroxyl groups excluding tert-OH is 1. The second-order valence-electron chi connectivity index (χ2n) is 5.21. The Morgan fingerprint density at radius 1 is 1.15 bits per heavy atom. The topological polar surface area (TPSA) is 45.4 Å². The monoisotopic (exact) mass is 273 g/mol. The minimum atomic E-state index is -0.501. The summed E-state index contributed by atoms with van der Waals surface area (Å²) in [5, 5.41) is 13.5. The molecule has 1 aromatic carbocycles. The Morgan fingerprint density at radius 3 is 2.45 bits per heavy atom. The Balaban J connectivity index is 1.89. The van der Waals surface area contributed by atoms with Crippen molar-refractivity contribution in [2.45, 2.75) is 39.3 Å². The van der Waals surface area contributed by atoms with Gasteiger partial charge in [0.25, 0.3) is 0 Å². The van der Waals surface area contributed by atoms with Crippen LogP contribution in [0.2, 0.25) is 0 Å². The zero-order valence-electron chi connectivity index (χ0n) is 12.4. The molecule has 2 unspecified atom stereocenters. The highest BCUT2D eigenvalue weighted by atomic mass is 16.3. The molecule has 0 saturated heterocycles. The molecule has 1 aromatic heterocycles. The van der Waals surface area contributed by atoms with Crippen molar-refractivity contribution in [3.8, 4) is 0 Å². The van der Waals surface area contributed by atoms with Crippen LogP contribution in [0, 0.1) is 6.92 Å². The van der Waals surface area contributed by atoms with Crippen LogP contribution < -0.4 is 5.32 Å². The summed E-state index contributed by atoms with van der Waals surface area (Å²) < 4.78 is 5.70. The summed E-state index contributed by atoms with van der Waals surface area (Å²) in [5.41, 5.74) is 2.13. The fourth-order valence-electron chi connectivity index (χ4n) is 2.11. The summed E-state index contributed by atoms with van der Waals surface area (Å²) in [6.07, 6.45) is 0.400. The first-order valence-electron chi connectivity index (χ1n) is 7.16. The molecule has 2 N–H and O–H groups in total. The Kier molecular flexibility index (Phi) is 4.99. The minimum Gasteiger partial charge on any atom is -0.464 e. The first-order chi connectivity index (χ1) is 9.60. The molecular formula is C17H23NO2. The summed E-state index contributed by atoms with van der Waals surface area (Å²) in [6, 6.07) is 12.1. The maximum atomic E-state index is 10.2. The van der Waals surface area contributed by atoms with E-state index in [9.17, 15) is 5.11 Å². The zero-order chi connectivity index (χ0) is 14.5. The van der Waals surface area contributed by atoms with E-state index in [-0.39, 0.29) is 6.04 Å². The van der Waals surface area contributed by atoms with Crippen molar-refractivity contribution >= 4 is 0 Å². The Labute approximate surface area is 120 Å². The molecule has 2 aromatic rings. The summed E-state index contributed by atoms with van der Waals surface area (Å²) in [7, 11) is 0. The lowest BCUT2D eigenvalue weighted by molar-refractivity contribution is 0.169. The van der Waals surface area contributed by atoms with E-state index in [4.69, 9.17) is 4.42 Å². The highest BCUT2D eigenvalue weighted by molar-refractivity contribution is 5.23. The van der Waals surface area contributed by atoms with Gasteiger partial charge in [-0.1, -0.05) is 36.8 Å². The first kappa shape index (κ1) is 14.8. The van der Waals surface area contributed by atoms with Crippen LogP contribution in [0.5, 0.6) is 0 Å². The van der Waals surface area contributed by atoms with Gasteiger partial charge in [0.1, 0.15) is 11.5 Å². The number of nitrogens with one attached hydrogen (secondary N) is 1. The summed E-state index contributed by atoms with van der Waals surface area (Å²) >= 11 is 0. The molecule has 108 valence electrons. The van der Waals surface area contributed by atoms with Gasteiger partial charge in [0.05, 0.1) is 12.1 Å². The van der Waals surface area contributed by atoms with E-state index in [0.717, 1.165) is 23.5 Å². The zero-order valence-corrected chi connectivity index (χ0v) is 12.4. The third-order valence-corrected chi connectivity index (χ3v) is 3.54. The van der Waals surface area contributed by atoms with Gasteiger partial charge in [-0.15, -0.1) is 0 Å². The van der Waals surface area contributed by atoms with E-state index >= 15 is 0 Å². The summed E-state index contributed by atoms with van der Waals surface area (Å²) in [5.74, 6) is 1.91. The van der Waals surface area contributed by atoms with Crippen LogP contribution in [0.3, 0.4) is 0 Å². The van der Waals surface area contributed by atoms with E-state index in [2.05, 4.69) is 12.2 Å². The smallest absolute Gasteiger partial charge is 0.120 e. The van der Waals surface area contributed by atoms with Gasteiger partial charge >= 0.3 is 0 Å². The lowest BCUT2D eigenvalue weighted by Crippen LogP contribution is -2.24. The Bertz CT molecular complexity index is 530. The quantitative estimate of drug-likeness (QED) is 0.846.